The molecular formula is C27H26BrN3O6S. The van der Waals surface area contributed by atoms with E-state index in [2.05, 4.69) is 26.6 Å². The molecule has 1 aliphatic heterocycles. The molecule has 0 spiro atoms. The molecule has 0 saturated heterocycles. The van der Waals surface area contributed by atoms with Crippen LogP contribution in [0.25, 0.3) is 0 Å². The van der Waals surface area contributed by atoms with E-state index >= 15 is 0 Å². The van der Waals surface area contributed by atoms with E-state index in [0.29, 0.717) is 23.4 Å². The highest BCUT2D eigenvalue weighted by atomic mass is 79.9. The first kappa shape index (κ1) is 27.5. The number of benzene rings is 3. The maximum atomic E-state index is 13.6. The first-order valence-electron chi connectivity index (χ1n) is 11.8. The largest absolute Gasteiger partial charge is 0.456 e. The number of nitrogens with one attached hydrogen (secondary N) is 2. The predicted molar refractivity (Wildman–Crippen MR) is 146 cm³/mol. The van der Waals surface area contributed by atoms with Gasteiger partial charge in [-0.25, -0.2) is 8.42 Å². The Morgan fingerprint density at radius 2 is 1.71 bits per heavy atom. The van der Waals surface area contributed by atoms with Gasteiger partial charge in [0.25, 0.3) is 5.91 Å². The lowest BCUT2D eigenvalue weighted by molar-refractivity contribution is -0.148. The Kier molecular flexibility index (Phi) is 8.60. The number of hydrogen-bond donors (Lipinski definition) is 2. The SMILES string of the molecule is CC(=O)Nc1ccc(S(=O)(=O)N2CCc3ccccc3C2CC(=O)OCC(=O)Nc2cccc(Br)c2)cc1. The van der Waals surface area contributed by atoms with Gasteiger partial charge in [0.05, 0.1) is 17.4 Å². The average molecular weight is 600 g/mol. The van der Waals surface area contributed by atoms with Gasteiger partial charge in [0, 0.05) is 29.3 Å². The number of amides is 2. The van der Waals surface area contributed by atoms with Crippen molar-refractivity contribution in [2.45, 2.75) is 30.7 Å². The zero-order chi connectivity index (χ0) is 27.3. The molecule has 198 valence electrons. The maximum absolute atomic E-state index is 13.6. The minimum absolute atomic E-state index is 0.0396. The lowest BCUT2D eigenvalue weighted by atomic mass is 9.92. The molecule has 3 aromatic rings. The number of hydrogen-bond acceptors (Lipinski definition) is 6. The number of rotatable bonds is 8. The van der Waals surface area contributed by atoms with Crippen molar-refractivity contribution in [2.24, 2.45) is 0 Å². The van der Waals surface area contributed by atoms with Crippen LogP contribution >= 0.6 is 15.9 Å². The minimum Gasteiger partial charge on any atom is -0.456 e. The molecule has 38 heavy (non-hydrogen) atoms. The predicted octanol–water partition coefficient (Wildman–Crippen LogP) is 4.27. The summed E-state index contributed by atoms with van der Waals surface area (Å²) in [7, 11) is -3.99. The normalized spacial score (nSPS) is 15.3. The van der Waals surface area contributed by atoms with Crippen LogP contribution in [0.4, 0.5) is 11.4 Å². The monoisotopic (exact) mass is 599 g/mol. The van der Waals surface area contributed by atoms with Gasteiger partial charge >= 0.3 is 5.97 Å². The van der Waals surface area contributed by atoms with Gasteiger partial charge in [0.1, 0.15) is 0 Å². The van der Waals surface area contributed by atoms with Crippen molar-refractivity contribution in [1.82, 2.24) is 4.31 Å². The molecule has 4 rings (SSSR count). The molecule has 0 aromatic heterocycles. The fourth-order valence-electron chi connectivity index (χ4n) is 4.30. The lowest BCUT2D eigenvalue weighted by Crippen LogP contribution is -2.41. The van der Waals surface area contributed by atoms with Crippen LogP contribution in [0.3, 0.4) is 0 Å². The van der Waals surface area contributed by atoms with Gasteiger partial charge in [-0.3, -0.25) is 14.4 Å². The summed E-state index contributed by atoms with van der Waals surface area (Å²) in [6.45, 7) is 1.04. The summed E-state index contributed by atoms with van der Waals surface area (Å²) < 4.78 is 34.6. The van der Waals surface area contributed by atoms with Gasteiger partial charge in [0.15, 0.2) is 6.61 Å². The van der Waals surface area contributed by atoms with Crippen molar-refractivity contribution in [2.75, 3.05) is 23.8 Å². The molecule has 0 saturated carbocycles. The molecular weight excluding hydrogens is 574 g/mol. The fraction of sp³-hybridized carbons (Fsp3) is 0.222. The van der Waals surface area contributed by atoms with Crippen LogP contribution in [0.5, 0.6) is 0 Å². The second-order valence-electron chi connectivity index (χ2n) is 8.71. The molecule has 1 unspecified atom stereocenters. The zero-order valence-corrected chi connectivity index (χ0v) is 22.9. The van der Waals surface area contributed by atoms with Crippen LogP contribution in [0, 0.1) is 0 Å². The third kappa shape index (κ3) is 6.66. The van der Waals surface area contributed by atoms with Crippen molar-refractivity contribution >= 4 is 55.1 Å². The fourth-order valence-corrected chi connectivity index (χ4v) is 6.31. The number of fused-ring (bicyclic) bond motifs is 1. The second kappa shape index (κ2) is 11.9. The first-order chi connectivity index (χ1) is 18.1. The van der Waals surface area contributed by atoms with Gasteiger partial charge < -0.3 is 15.4 Å². The maximum Gasteiger partial charge on any atom is 0.308 e. The summed E-state index contributed by atoms with van der Waals surface area (Å²) in [5.41, 5.74) is 2.68. The van der Waals surface area contributed by atoms with Crippen molar-refractivity contribution in [3.63, 3.8) is 0 Å². The third-order valence-corrected chi connectivity index (χ3v) is 8.39. The van der Waals surface area contributed by atoms with Crippen molar-refractivity contribution in [1.29, 1.82) is 0 Å². The number of ether oxygens (including phenoxy) is 1. The van der Waals surface area contributed by atoms with Gasteiger partial charge in [-0.15, -0.1) is 0 Å². The number of halogens is 1. The van der Waals surface area contributed by atoms with Crippen LogP contribution in [0.2, 0.25) is 0 Å². The number of sulfonamides is 1. The number of carbonyl (C=O) groups excluding carboxylic acids is 3. The molecule has 11 heteroatoms. The van der Waals surface area contributed by atoms with E-state index < -0.39 is 34.5 Å². The lowest BCUT2D eigenvalue weighted by Gasteiger charge is -2.36. The van der Waals surface area contributed by atoms with E-state index in [1.807, 2.05) is 18.2 Å². The Morgan fingerprint density at radius 3 is 2.42 bits per heavy atom. The minimum atomic E-state index is -3.99. The Hall–Kier alpha value is -3.54. The molecule has 0 fully saturated rings. The Labute approximate surface area is 229 Å². The van der Waals surface area contributed by atoms with Crippen LogP contribution in [-0.4, -0.2) is 43.7 Å². The molecule has 0 aliphatic carbocycles. The van der Waals surface area contributed by atoms with E-state index in [1.165, 1.54) is 35.5 Å². The van der Waals surface area contributed by atoms with Crippen LogP contribution in [0.1, 0.15) is 30.5 Å². The molecule has 2 amide bonds. The van der Waals surface area contributed by atoms with E-state index in [9.17, 15) is 22.8 Å². The number of anilines is 2. The van der Waals surface area contributed by atoms with Crippen LogP contribution in [-0.2, 0) is 35.6 Å². The average Bonchev–Trinajstić information content (AvgIpc) is 2.87. The standard InChI is InChI=1S/C27H26BrN3O6S/c1-18(32)29-21-9-11-23(12-10-21)38(35,36)31-14-13-19-5-2-3-8-24(19)25(31)16-27(34)37-17-26(33)30-22-7-4-6-20(28)15-22/h2-12,15,25H,13-14,16-17H2,1H3,(H,29,32)(H,30,33). The Balaban J connectivity index is 1.50. The second-order valence-corrected chi connectivity index (χ2v) is 11.5. The van der Waals surface area contributed by atoms with Gasteiger partial charge in [-0.05, 0) is 60.0 Å². The van der Waals surface area contributed by atoms with E-state index in [0.717, 1.165) is 10.0 Å². The molecule has 0 bridgehead atoms. The summed E-state index contributed by atoms with van der Waals surface area (Å²) in [5.74, 6) is -1.47. The summed E-state index contributed by atoms with van der Waals surface area (Å²) >= 11 is 3.33. The molecule has 9 nitrogen and oxygen atoms in total. The van der Waals surface area contributed by atoms with Gasteiger partial charge in [-0.1, -0.05) is 46.3 Å². The number of carbonyl (C=O) groups is 3. The van der Waals surface area contributed by atoms with Crippen molar-refractivity contribution in [3.8, 4) is 0 Å². The molecule has 0 radical (unpaired) electrons. The number of nitrogens with zero attached hydrogens (tertiary/aromatic N) is 1. The van der Waals surface area contributed by atoms with E-state index in [4.69, 9.17) is 4.74 Å². The Morgan fingerprint density at radius 1 is 0.974 bits per heavy atom. The van der Waals surface area contributed by atoms with Crippen LogP contribution < -0.4 is 10.6 Å². The quantitative estimate of drug-likeness (QED) is 0.373. The molecule has 2 N–H and O–H groups in total. The van der Waals surface area contributed by atoms with Gasteiger partial charge in [-0.2, -0.15) is 4.31 Å². The molecule has 1 aliphatic rings. The molecule has 3 aromatic carbocycles. The zero-order valence-electron chi connectivity index (χ0n) is 20.5. The number of esters is 1. The molecule has 1 heterocycles. The highest BCUT2D eigenvalue weighted by Gasteiger charge is 2.38. The van der Waals surface area contributed by atoms with E-state index in [1.54, 1.807) is 30.3 Å². The summed E-state index contributed by atoms with van der Waals surface area (Å²) in [4.78, 5) is 36.4. The highest BCUT2D eigenvalue weighted by Crippen LogP contribution is 2.36. The van der Waals surface area contributed by atoms with Gasteiger partial charge in [0.2, 0.25) is 15.9 Å². The summed E-state index contributed by atoms with van der Waals surface area (Å²) in [5, 5.41) is 5.26. The molecule has 1 atom stereocenters. The van der Waals surface area contributed by atoms with Crippen LogP contribution in [0.15, 0.2) is 82.2 Å². The topological polar surface area (TPSA) is 122 Å². The first-order valence-corrected chi connectivity index (χ1v) is 14.0. The highest BCUT2D eigenvalue weighted by molar-refractivity contribution is 9.10. The summed E-state index contributed by atoms with van der Waals surface area (Å²) in [6.07, 6.45) is 0.227. The smallest absolute Gasteiger partial charge is 0.308 e. The summed E-state index contributed by atoms with van der Waals surface area (Å²) in [6, 6.07) is 19.4. The van der Waals surface area contributed by atoms with Crippen molar-refractivity contribution < 1.29 is 27.5 Å². The van der Waals surface area contributed by atoms with Crippen molar-refractivity contribution in [3.05, 3.63) is 88.4 Å². The Bertz CT molecular complexity index is 1460. The third-order valence-electron chi connectivity index (χ3n) is 5.98. The van der Waals surface area contributed by atoms with E-state index in [-0.39, 0.29) is 23.8 Å².